The van der Waals surface area contributed by atoms with Crippen molar-refractivity contribution in [3.8, 4) is 0 Å². The molecule has 6 heteroatoms. The van der Waals surface area contributed by atoms with Crippen LogP contribution in [0.15, 0.2) is 29.3 Å². The Balaban J connectivity index is 1.78. The molecule has 0 saturated carbocycles. The molecule has 2 N–H and O–H groups in total. The minimum Gasteiger partial charge on any atom is -0.356 e. The van der Waals surface area contributed by atoms with E-state index in [1.165, 1.54) is 12.5 Å². The van der Waals surface area contributed by atoms with E-state index in [0.717, 1.165) is 25.1 Å². The summed E-state index contributed by atoms with van der Waals surface area (Å²) >= 11 is 0. The van der Waals surface area contributed by atoms with Crippen LogP contribution < -0.4 is 10.6 Å². The summed E-state index contributed by atoms with van der Waals surface area (Å²) in [6.45, 7) is 9.21. The van der Waals surface area contributed by atoms with Gasteiger partial charge >= 0.3 is 0 Å². The van der Waals surface area contributed by atoms with Crippen LogP contribution in [0.2, 0.25) is 0 Å². The van der Waals surface area contributed by atoms with Crippen LogP contribution in [0, 0.1) is 11.7 Å². The van der Waals surface area contributed by atoms with Crippen molar-refractivity contribution in [1.82, 2.24) is 15.5 Å². The van der Waals surface area contributed by atoms with Crippen LogP contribution >= 0.6 is 0 Å². The molecule has 1 amide bonds. The third-order valence-corrected chi connectivity index (χ3v) is 5.17. The molecule has 1 fully saturated rings. The van der Waals surface area contributed by atoms with Crippen LogP contribution in [0.1, 0.15) is 45.6 Å². The van der Waals surface area contributed by atoms with E-state index in [4.69, 9.17) is 0 Å². The first-order valence-corrected chi connectivity index (χ1v) is 9.80. The third-order valence-electron chi connectivity index (χ3n) is 5.17. The highest BCUT2D eigenvalue weighted by Gasteiger charge is 2.22. The Morgan fingerprint density at radius 2 is 2.15 bits per heavy atom. The summed E-state index contributed by atoms with van der Waals surface area (Å²) in [6.07, 6.45) is 2.76. The second-order valence-electron chi connectivity index (χ2n) is 8.08. The highest BCUT2D eigenvalue weighted by atomic mass is 19.1. The van der Waals surface area contributed by atoms with E-state index < -0.39 is 0 Å². The van der Waals surface area contributed by atoms with Gasteiger partial charge in [-0.05, 0) is 36.5 Å². The minimum absolute atomic E-state index is 0.199. The molecule has 1 aliphatic rings. The largest absolute Gasteiger partial charge is 0.356 e. The van der Waals surface area contributed by atoms with Gasteiger partial charge in [-0.2, -0.15) is 0 Å². The molecule has 5 nitrogen and oxygen atoms in total. The van der Waals surface area contributed by atoms with Gasteiger partial charge in [0.1, 0.15) is 5.82 Å². The fourth-order valence-corrected chi connectivity index (χ4v) is 3.40. The van der Waals surface area contributed by atoms with Crippen molar-refractivity contribution in [2.45, 2.75) is 45.4 Å². The van der Waals surface area contributed by atoms with Crippen molar-refractivity contribution in [2.24, 2.45) is 10.9 Å². The maximum absolute atomic E-state index is 13.5. The summed E-state index contributed by atoms with van der Waals surface area (Å²) in [5.74, 6) is 1.22. The number of aliphatic imine (C=N–C) groups is 1. The molecule has 1 unspecified atom stereocenters. The summed E-state index contributed by atoms with van der Waals surface area (Å²) in [6, 6.07) is 6.68. The predicted molar refractivity (Wildman–Crippen MR) is 108 cm³/mol. The van der Waals surface area contributed by atoms with Gasteiger partial charge in [0.05, 0.1) is 0 Å². The van der Waals surface area contributed by atoms with Crippen LogP contribution in [0.3, 0.4) is 0 Å². The lowest BCUT2D eigenvalue weighted by atomic mass is 9.84. The van der Waals surface area contributed by atoms with E-state index in [1.54, 1.807) is 19.2 Å². The zero-order chi connectivity index (χ0) is 19.9. The first-order chi connectivity index (χ1) is 12.8. The Labute approximate surface area is 162 Å². The van der Waals surface area contributed by atoms with E-state index in [9.17, 15) is 9.18 Å². The number of benzene rings is 1. The Kier molecular flexibility index (Phi) is 7.63. The molecule has 150 valence electrons. The zero-order valence-electron chi connectivity index (χ0n) is 17.0. The number of halogens is 1. The standard InChI is InChI=1S/C21H33FN4O/c1-16-7-6-12-26(14-16)19(27)10-11-24-20(23-4)25-15-21(2,3)17-8-5-9-18(22)13-17/h5,8-9,13,16H,6-7,10-12,14-15H2,1-4H3,(H2,23,24,25). The summed E-state index contributed by atoms with van der Waals surface area (Å²) in [7, 11) is 1.71. The molecule has 1 saturated heterocycles. The van der Waals surface area contributed by atoms with Crippen LogP contribution in [0.25, 0.3) is 0 Å². The molecule has 0 aromatic heterocycles. The van der Waals surface area contributed by atoms with Gasteiger partial charge in [-0.15, -0.1) is 0 Å². The number of carbonyl (C=O) groups is 1. The molecule has 0 radical (unpaired) electrons. The number of likely N-dealkylation sites (tertiary alicyclic amines) is 1. The normalized spacial score (nSPS) is 18.3. The molecule has 1 aromatic rings. The van der Waals surface area contributed by atoms with Gasteiger partial charge in [-0.3, -0.25) is 9.79 Å². The summed E-state index contributed by atoms with van der Waals surface area (Å²) in [5, 5.41) is 6.48. The number of guanidine groups is 1. The second kappa shape index (κ2) is 9.72. The van der Waals surface area contributed by atoms with Crippen molar-refractivity contribution in [3.63, 3.8) is 0 Å². The van der Waals surface area contributed by atoms with Crippen molar-refractivity contribution in [3.05, 3.63) is 35.6 Å². The highest BCUT2D eigenvalue weighted by molar-refractivity contribution is 5.81. The maximum Gasteiger partial charge on any atom is 0.224 e. The van der Waals surface area contributed by atoms with Crippen molar-refractivity contribution < 1.29 is 9.18 Å². The van der Waals surface area contributed by atoms with Gasteiger partial charge in [0.15, 0.2) is 5.96 Å². The molecular formula is C21H33FN4O. The smallest absolute Gasteiger partial charge is 0.224 e. The zero-order valence-corrected chi connectivity index (χ0v) is 17.0. The van der Waals surface area contributed by atoms with Gasteiger partial charge in [0.25, 0.3) is 0 Å². The average molecular weight is 377 g/mol. The summed E-state index contributed by atoms with van der Waals surface area (Å²) in [5.41, 5.74) is 0.680. The van der Waals surface area contributed by atoms with E-state index >= 15 is 0 Å². The van der Waals surface area contributed by atoms with E-state index in [2.05, 4.69) is 36.4 Å². The topological polar surface area (TPSA) is 56.7 Å². The number of rotatable bonds is 6. The number of nitrogens with zero attached hydrogens (tertiary/aromatic N) is 2. The number of hydrogen-bond donors (Lipinski definition) is 2. The predicted octanol–water partition coefficient (Wildman–Crippen LogP) is 2.92. The Morgan fingerprint density at radius 1 is 1.37 bits per heavy atom. The van der Waals surface area contributed by atoms with E-state index in [1.807, 2.05) is 11.0 Å². The van der Waals surface area contributed by atoms with Crippen LogP contribution in [-0.4, -0.2) is 50.0 Å². The van der Waals surface area contributed by atoms with Crippen molar-refractivity contribution >= 4 is 11.9 Å². The molecule has 0 bridgehead atoms. The van der Waals surface area contributed by atoms with Crippen LogP contribution in [0.5, 0.6) is 0 Å². The first-order valence-electron chi connectivity index (χ1n) is 9.80. The van der Waals surface area contributed by atoms with E-state index in [-0.39, 0.29) is 17.1 Å². The molecule has 0 spiro atoms. The molecule has 1 aromatic carbocycles. The third kappa shape index (κ3) is 6.52. The Hall–Kier alpha value is -2.11. The van der Waals surface area contributed by atoms with Gasteiger partial charge in [-0.1, -0.05) is 32.9 Å². The monoisotopic (exact) mass is 376 g/mol. The lowest BCUT2D eigenvalue weighted by Gasteiger charge is -2.31. The number of carbonyl (C=O) groups excluding carboxylic acids is 1. The molecule has 1 aliphatic heterocycles. The van der Waals surface area contributed by atoms with Crippen LogP contribution in [0.4, 0.5) is 4.39 Å². The van der Waals surface area contributed by atoms with Crippen LogP contribution in [-0.2, 0) is 10.2 Å². The number of nitrogens with one attached hydrogen (secondary N) is 2. The lowest BCUT2D eigenvalue weighted by molar-refractivity contribution is -0.132. The average Bonchev–Trinajstić information content (AvgIpc) is 2.64. The Morgan fingerprint density at radius 3 is 2.81 bits per heavy atom. The first kappa shape index (κ1) is 21.2. The number of piperidine rings is 1. The van der Waals surface area contributed by atoms with Crippen molar-refractivity contribution in [1.29, 1.82) is 0 Å². The molecule has 2 rings (SSSR count). The Bertz CT molecular complexity index is 659. The molecule has 0 aliphatic carbocycles. The lowest BCUT2D eigenvalue weighted by Crippen LogP contribution is -2.45. The fraction of sp³-hybridized carbons (Fsp3) is 0.619. The molecular weight excluding hydrogens is 343 g/mol. The summed E-state index contributed by atoms with van der Waals surface area (Å²) in [4.78, 5) is 18.5. The van der Waals surface area contributed by atoms with Crippen molar-refractivity contribution in [2.75, 3.05) is 33.2 Å². The quantitative estimate of drug-likeness (QED) is 0.593. The maximum atomic E-state index is 13.5. The van der Waals surface area contributed by atoms with Gasteiger partial charge < -0.3 is 15.5 Å². The molecule has 1 atom stereocenters. The van der Waals surface area contributed by atoms with E-state index in [0.29, 0.717) is 31.4 Å². The SMILES string of the molecule is CN=C(NCCC(=O)N1CCCC(C)C1)NCC(C)(C)c1cccc(F)c1. The van der Waals surface area contributed by atoms with Gasteiger partial charge in [-0.25, -0.2) is 4.39 Å². The number of hydrogen-bond acceptors (Lipinski definition) is 2. The second-order valence-corrected chi connectivity index (χ2v) is 8.08. The summed E-state index contributed by atoms with van der Waals surface area (Å²) < 4.78 is 13.5. The number of amides is 1. The highest BCUT2D eigenvalue weighted by Crippen LogP contribution is 2.22. The van der Waals surface area contributed by atoms with Gasteiger partial charge in [0.2, 0.25) is 5.91 Å². The minimum atomic E-state index is -0.251. The molecule has 27 heavy (non-hydrogen) atoms. The molecule has 1 heterocycles. The van der Waals surface area contributed by atoms with Gasteiger partial charge in [0, 0.05) is 45.1 Å². The fourth-order valence-electron chi connectivity index (χ4n) is 3.40.